The lowest BCUT2D eigenvalue weighted by Crippen LogP contribution is -2.31. The van der Waals surface area contributed by atoms with Gasteiger partial charge >= 0.3 is 0 Å². The van der Waals surface area contributed by atoms with E-state index in [1.165, 1.54) is 0 Å². The molecule has 0 aromatic heterocycles. The maximum atomic E-state index is 12.2. The summed E-state index contributed by atoms with van der Waals surface area (Å²) in [6.45, 7) is 6.84. The average Bonchev–Trinajstić information content (AvgIpc) is 2.22. The number of rotatable bonds is 5. The molecule has 0 amide bonds. The highest BCUT2D eigenvalue weighted by atomic mass is 32.2. The van der Waals surface area contributed by atoms with Crippen LogP contribution in [0.25, 0.3) is 0 Å². The van der Waals surface area contributed by atoms with Crippen molar-refractivity contribution in [2.24, 2.45) is 0 Å². The fraction of sp³-hybridized carbons (Fsp3) is 0.538. The average molecular weight is 270 g/mol. The highest BCUT2D eigenvalue weighted by Gasteiger charge is 2.17. The number of nitrogens with zero attached hydrogens (tertiary/aromatic N) is 1. The summed E-state index contributed by atoms with van der Waals surface area (Å²) in [5.41, 5.74) is 2.89. The summed E-state index contributed by atoms with van der Waals surface area (Å²) in [7, 11) is 0.422. The summed E-state index contributed by atoms with van der Waals surface area (Å²) in [5, 5.41) is 0. The van der Waals surface area contributed by atoms with Crippen molar-refractivity contribution >= 4 is 10.0 Å². The summed E-state index contributed by atoms with van der Waals surface area (Å²) < 4.78 is 27.0. The van der Waals surface area contributed by atoms with Crippen molar-refractivity contribution in [2.75, 3.05) is 27.2 Å². The SMILES string of the molecule is Cc1cc(C)c(S(=O)(=O)NCCN(C)C)cc1C. The van der Waals surface area contributed by atoms with E-state index in [9.17, 15) is 8.42 Å². The third-order valence-electron chi connectivity index (χ3n) is 2.93. The molecule has 1 rings (SSSR count). The number of aryl methyl sites for hydroxylation is 3. The van der Waals surface area contributed by atoms with E-state index >= 15 is 0 Å². The van der Waals surface area contributed by atoms with E-state index in [0.717, 1.165) is 16.7 Å². The first-order valence-electron chi connectivity index (χ1n) is 5.96. The Labute approximate surface area is 110 Å². The monoisotopic (exact) mass is 270 g/mol. The van der Waals surface area contributed by atoms with Crippen LogP contribution in [0.15, 0.2) is 17.0 Å². The van der Waals surface area contributed by atoms with Gasteiger partial charge in [0.2, 0.25) is 10.0 Å². The van der Waals surface area contributed by atoms with E-state index in [1.807, 2.05) is 45.8 Å². The predicted molar refractivity (Wildman–Crippen MR) is 74.4 cm³/mol. The molecule has 4 nitrogen and oxygen atoms in total. The van der Waals surface area contributed by atoms with Crippen LogP contribution in [0, 0.1) is 20.8 Å². The van der Waals surface area contributed by atoms with Crippen molar-refractivity contribution in [1.29, 1.82) is 0 Å². The van der Waals surface area contributed by atoms with E-state index in [0.29, 0.717) is 18.0 Å². The Hall–Kier alpha value is -0.910. The molecule has 0 spiro atoms. The molecule has 0 aliphatic heterocycles. The third-order valence-corrected chi connectivity index (χ3v) is 4.53. The highest BCUT2D eigenvalue weighted by Crippen LogP contribution is 2.19. The Kier molecular flexibility index (Phi) is 4.90. The highest BCUT2D eigenvalue weighted by molar-refractivity contribution is 7.89. The van der Waals surface area contributed by atoms with Gasteiger partial charge in [-0.2, -0.15) is 0 Å². The van der Waals surface area contributed by atoms with Gasteiger partial charge in [-0.3, -0.25) is 0 Å². The molecule has 0 saturated heterocycles. The molecule has 0 aliphatic carbocycles. The smallest absolute Gasteiger partial charge is 0.240 e. The van der Waals surface area contributed by atoms with Gasteiger partial charge in [0.15, 0.2) is 0 Å². The van der Waals surface area contributed by atoms with Crippen molar-refractivity contribution in [2.45, 2.75) is 25.7 Å². The number of hydrogen-bond donors (Lipinski definition) is 1. The standard InChI is InChI=1S/C13H22N2O2S/c1-10-8-12(3)13(9-11(10)2)18(16,17)14-6-7-15(4)5/h8-9,14H,6-7H2,1-5H3. The molecule has 1 aromatic carbocycles. The zero-order valence-electron chi connectivity index (χ0n) is 11.7. The van der Waals surface area contributed by atoms with Gasteiger partial charge in [-0.05, 0) is 57.6 Å². The maximum absolute atomic E-state index is 12.2. The minimum atomic E-state index is -3.40. The van der Waals surface area contributed by atoms with Crippen LogP contribution in [0.3, 0.4) is 0 Å². The van der Waals surface area contributed by atoms with Crippen LogP contribution in [0.4, 0.5) is 0 Å². The molecule has 102 valence electrons. The summed E-state index contributed by atoms with van der Waals surface area (Å²) in [6, 6.07) is 3.65. The van der Waals surface area contributed by atoms with Gasteiger partial charge in [0.25, 0.3) is 0 Å². The number of benzene rings is 1. The van der Waals surface area contributed by atoms with E-state index in [2.05, 4.69) is 4.72 Å². The van der Waals surface area contributed by atoms with Crippen LogP contribution in [0.1, 0.15) is 16.7 Å². The van der Waals surface area contributed by atoms with Gasteiger partial charge in [0.1, 0.15) is 0 Å². The Balaban J connectivity index is 2.95. The maximum Gasteiger partial charge on any atom is 0.240 e. The predicted octanol–water partition coefficient (Wildman–Crippen LogP) is 1.45. The number of hydrogen-bond acceptors (Lipinski definition) is 3. The normalized spacial score (nSPS) is 12.1. The second-order valence-electron chi connectivity index (χ2n) is 4.90. The first kappa shape index (κ1) is 15.1. The van der Waals surface area contributed by atoms with Gasteiger partial charge in [-0.25, -0.2) is 13.1 Å². The van der Waals surface area contributed by atoms with Crippen molar-refractivity contribution in [3.05, 3.63) is 28.8 Å². The number of sulfonamides is 1. The van der Waals surface area contributed by atoms with E-state index in [1.54, 1.807) is 6.07 Å². The van der Waals surface area contributed by atoms with Gasteiger partial charge in [-0.1, -0.05) is 6.07 Å². The summed E-state index contributed by atoms with van der Waals surface area (Å²) in [4.78, 5) is 2.32. The number of nitrogens with one attached hydrogen (secondary N) is 1. The van der Waals surface area contributed by atoms with Crippen LogP contribution in [0.2, 0.25) is 0 Å². The van der Waals surface area contributed by atoms with Crippen LogP contribution in [-0.4, -0.2) is 40.5 Å². The molecule has 5 heteroatoms. The summed E-state index contributed by atoms with van der Waals surface area (Å²) in [5.74, 6) is 0. The molecule has 0 fully saturated rings. The minimum Gasteiger partial charge on any atom is -0.308 e. The molecule has 0 atom stereocenters. The summed E-state index contributed by atoms with van der Waals surface area (Å²) in [6.07, 6.45) is 0. The first-order chi connectivity index (χ1) is 8.24. The lowest BCUT2D eigenvalue weighted by molar-refractivity contribution is 0.412. The van der Waals surface area contributed by atoms with Crippen molar-refractivity contribution < 1.29 is 8.42 Å². The molecular weight excluding hydrogens is 248 g/mol. The Morgan fingerprint density at radius 2 is 1.61 bits per heavy atom. The molecule has 0 radical (unpaired) electrons. The Bertz CT molecular complexity index is 522. The zero-order valence-corrected chi connectivity index (χ0v) is 12.6. The molecular formula is C13H22N2O2S. The molecule has 0 bridgehead atoms. The van der Waals surface area contributed by atoms with Crippen LogP contribution in [-0.2, 0) is 10.0 Å². The summed E-state index contributed by atoms with van der Waals surface area (Å²) >= 11 is 0. The first-order valence-corrected chi connectivity index (χ1v) is 7.44. The van der Waals surface area contributed by atoms with Crippen LogP contribution in [0.5, 0.6) is 0 Å². The van der Waals surface area contributed by atoms with E-state index in [-0.39, 0.29) is 0 Å². The quantitative estimate of drug-likeness (QED) is 0.881. The van der Waals surface area contributed by atoms with Crippen LogP contribution < -0.4 is 4.72 Å². The molecule has 0 heterocycles. The van der Waals surface area contributed by atoms with Gasteiger partial charge in [0.05, 0.1) is 4.90 Å². The zero-order chi connectivity index (χ0) is 13.9. The molecule has 0 aliphatic rings. The van der Waals surface area contributed by atoms with Crippen molar-refractivity contribution in [3.63, 3.8) is 0 Å². The lowest BCUT2D eigenvalue weighted by atomic mass is 10.1. The second kappa shape index (κ2) is 5.82. The molecule has 18 heavy (non-hydrogen) atoms. The molecule has 0 saturated carbocycles. The van der Waals surface area contributed by atoms with Crippen molar-refractivity contribution in [1.82, 2.24) is 9.62 Å². The minimum absolute atomic E-state index is 0.379. The van der Waals surface area contributed by atoms with E-state index < -0.39 is 10.0 Å². The van der Waals surface area contributed by atoms with Crippen LogP contribution >= 0.6 is 0 Å². The molecule has 1 N–H and O–H groups in total. The fourth-order valence-electron chi connectivity index (χ4n) is 1.70. The fourth-order valence-corrected chi connectivity index (χ4v) is 3.04. The third kappa shape index (κ3) is 3.80. The lowest BCUT2D eigenvalue weighted by Gasteiger charge is -2.13. The Morgan fingerprint density at radius 3 is 2.17 bits per heavy atom. The van der Waals surface area contributed by atoms with Gasteiger partial charge < -0.3 is 4.90 Å². The Morgan fingerprint density at radius 1 is 1.06 bits per heavy atom. The van der Waals surface area contributed by atoms with Gasteiger partial charge in [-0.15, -0.1) is 0 Å². The van der Waals surface area contributed by atoms with E-state index in [4.69, 9.17) is 0 Å². The van der Waals surface area contributed by atoms with Gasteiger partial charge in [0, 0.05) is 13.1 Å². The topological polar surface area (TPSA) is 49.4 Å². The van der Waals surface area contributed by atoms with Crippen molar-refractivity contribution in [3.8, 4) is 0 Å². The molecule has 1 aromatic rings. The second-order valence-corrected chi connectivity index (χ2v) is 6.64. The largest absolute Gasteiger partial charge is 0.308 e. The molecule has 0 unspecified atom stereocenters. The number of likely N-dealkylation sites (N-methyl/N-ethyl adjacent to an activating group) is 1.